The topological polar surface area (TPSA) is 58.5 Å². The molecule has 0 atom stereocenters. The molecule has 4 nitrogen and oxygen atoms in total. The van der Waals surface area contributed by atoms with Crippen LogP contribution in [0.4, 0.5) is 0 Å². The number of benzene rings is 1. The van der Waals surface area contributed by atoms with E-state index in [1.165, 1.54) is 12.1 Å². The molecule has 0 unspecified atom stereocenters. The van der Waals surface area contributed by atoms with Crippen LogP contribution in [0.15, 0.2) is 40.3 Å². The lowest BCUT2D eigenvalue weighted by atomic mass is 10.1. The van der Waals surface area contributed by atoms with Gasteiger partial charge in [-0.2, -0.15) is 13.5 Å². The van der Waals surface area contributed by atoms with Crippen molar-refractivity contribution in [3.05, 3.63) is 30.3 Å². The maximum Gasteiger partial charge on any atom is 0.276 e. The maximum atomic E-state index is 11.8. The maximum absolute atomic E-state index is 11.8. The van der Waals surface area contributed by atoms with E-state index < -0.39 is 10.0 Å². The molecule has 0 heterocycles. The number of nitrogens with one attached hydrogen (secondary N) is 1. The quantitative estimate of drug-likeness (QED) is 0.626. The summed E-state index contributed by atoms with van der Waals surface area (Å²) >= 11 is 0. The van der Waals surface area contributed by atoms with Gasteiger partial charge in [0.2, 0.25) is 0 Å². The van der Waals surface area contributed by atoms with Crippen LogP contribution in [0.2, 0.25) is 0 Å². The van der Waals surface area contributed by atoms with Crippen molar-refractivity contribution >= 4 is 16.2 Å². The molecule has 17 heavy (non-hydrogen) atoms. The van der Waals surface area contributed by atoms with Gasteiger partial charge >= 0.3 is 0 Å². The molecule has 94 valence electrons. The highest BCUT2D eigenvalue weighted by Gasteiger charge is 2.11. The fourth-order valence-electron chi connectivity index (χ4n) is 1.36. The number of nitrogens with zero attached hydrogens (tertiary/aromatic N) is 1. The fourth-order valence-corrected chi connectivity index (χ4v) is 2.18. The molecule has 0 aliphatic carbocycles. The first kappa shape index (κ1) is 13.7. The molecular weight excluding hydrogens is 236 g/mol. The number of hydrogen-bond acceptors (Lipinski definition) is 3. The van der Waals surface area contributed by atoms with E-state index in [2.05, 4.69) is 9.93 Å². The van der Waals surface area contributed by atoms with Gasteiger partial charge in [0, 0.05) is 6.21 Å². The SMILES string of the molecule is CCC(C=NNS(=O)(=O)c1ccccc1)CC. The van der Waals surface area contributed by atoms with Crippen LogP contribution in [0.1, 0.15) is 26.7 Å². The third-order valence-corrected chi connectivity index (χ3v) is 3.80. The molecule has 5 heteroatoms. The number of hydrogen-bond donors (Lipinski definition) is 1. The molecule has 0 saturated carbocycles. The molecule has 0 spiro atoms. The van der Waals surface area contributed by atoms with Crippen LogP contribution < -0.4 is 4.83 Å². The molecular formula is C12H18N2O2S. The average Bonchev–Trinajstić information content (AvgIpc) is 2.36. The first-order chi connectivity index (χ1) is 8.10. The molecule has 0 saturated heterocycles. The van der Waals surface area contributed by atoms with Gasteiger partial charge in [-0.05, 0) is 30.9 Å². The van der Waals surface area contributed by atoms with Crippen molar-refractivity contribution in [2.45, 2.75) is 31.6 Å². The van der Waals surface area contributed by atoms with Gasteiger partial charge in [0.25, 0.3) is 10.0 Å². The van der Waals surface area contributed by atoms with E-state index >= 15 is 0 Å². The van der Waals surface area contributed by atoms with Crippen LogP contribution in [0.5, 0.6) is 0 Å². The molecule has 0 aromatic heterocycles. The molecule has 0 fully saturated rings. The second kappa shape index (κ2) is 6.39. The normalized spacial score (nSPS) is 12.2. The Kier molecular flexibility index (Phi) is 5.15. The summed E-state index contributed by atoms with van der Waals surface area (Å²) in [5.74, 6) is 0.313. The van der Waals surface area contributed by atoms with E-state index in [9.17, 15) is 8.42 Å². The minimum Gasteiger partial charge on any atom is -0.200 e. The lowest BCUT2D eigenvalue weighted by Crippen LogP contribution is -2.19. The van der Waals surface area contributed by atoms with E-state index in [1.54, 1.807) is 24.4 Å². The Morgan fingerprint density at radius 2 is 1.82 bits per heavy atom. The monoisotopic (exact) mass is 254 g/mol. The highest BCUT2D eigenvalue weighted by Crippen LogP contribution is 2.07. The van der Waals surface area contributed by atoms with Crippen LogP contribution in [0, 0.1) is 5.92 Å². The molecule has 0 amide bonds. The van der Waals surface area contributed by atoms with Gasteiger partial charge in [-0.3, -0.25) is 0 Å². The zero-order valence-electron chi connectivity index (χ0n) is 10.1. The summed E-state index contributed by atoms with van der Waals surface area (Å²) in [4.78, 5) is 2.44. The van der Waals surface area contributed by atoms with Gasteiger partial charge in [-0.15, -0.1) is 0 Å². The minimum atomic E-state index is -3.52. The van der Waals surface area contributed by atoms with Crippen molar-refractivity contribution in [1.82, 2.24) is 4.83 Å². The first-order valence-corrected chi connectivity index (χ1v) is 7.18. The Bertz CT molecular complexity index is 451. The Morgan fingerprint density at radius 1 is 1.24 bits per heavy atom. The van der Waals surface area contributed by atoms with E-state index in [-0.39, 0.29) is 4.90 Å². The molecule has 0 aliphatic rings. The molecule has 1 aromatic carbocycles. The van der Waals surface area contributed by atoms with Crippen molar-refractivity contribution in [2.75, 3.05) is 0 Å². The third-order valence-electron chi connectivity index (χ3n) is 2.56. The van der Waals surface area contributed by atoms with Crippen LogP contribution >= 0.6 is 0 Å². The van der Waals surface area contributed by atoms with Gasteiger partial charge in [0.05, 0.1) is 4.90 Å². The molecule has 0 radical (unpaired) electrons. The smallest absolute Gasteiger partial charge is 0.200 e. The summed E-state index contributed by atoms with van der Waals surface area (Å²) in [5, 5.41) is 3.80. The third kappa shape index (κ3) is 4.19. The number of rotatable bonds is 6. The Morgan fingerprint density at radius 3 is 2.35 bits per heavy atom. The average molecular weight is 254 g/mol. The lowest BCUT2D eigenvalue weighted by molar-refractivity contribution is 0.583. The Hall–Kier alpha value is -1.36. The number of hydrazone groups is 1. The summed E-state index contributed by atoms with van der Waals surface area (Å²) < 4.78 is 23.5. The van der Waals surface area contributed by atoms with Crippen molar-refractivity contribution < 1.29 is 8.42 Å². The van der Waals surface area contributed by atoms with Crippen molar-refractivity contribution in [3.63, 3.8) is 0 Å². The Labute approximate surface area is 103 Å². The van der Waals surface area contributed by atoms with Crippen LogP contribution in [0.3, 0.4) is 0 Å². The minimum absolute atomic E-state index is 0.224. The lowest BCUT2D eigenvalue weighted by Gasteiger charge is -2.05. The van der Waals surface area contributed by atoms with Crippen molar-refractivity contribution in [1.29, 1.82) is 0 Å². The van der Waals surface area contributed by atoms with Crippen LogP contribution in [-0.4, -0.2) is 14.6 Å². The van der Waals surface area contributed by atoms with Gasteiger partial charge in [-0.1, -0.05) is 32.0 Å². The zero-order chi connectivity index (χ0) is 12.7. The highest BCUT2D eigenvalue weighted by atomic mass is 32.2. The van der Waals surface area contributed by atoms with Gasteiger partial charge < -0.3 is 0 Å². The van der Waals surface area contributed by atoms with Crippen LogP contribution in [-0.2, 0) is 10.0 Å². The first-order valence-electron chi connectivity index (χ1n) is 5.70. The predicted molar refractivity (Wildman–Crippen MR) is 69.3 cm³/mol. The van der Waals surface area contributed by atoms with E-state index in [4.69, 9.17) is 0 Å². The predicted octanol–water partition coefficient (Wildman–Crippen LogP) is 2.39. The summed E-state index contributed by atoms with van der Waals surface area (Å²) in [7, 11) is -3.52. The zero-order valence-corrected chi connectivity index (χ0v) is 10.9. The number of sulfonamides is 1. The Balaban J connectivity index is 2.69. The molecule has 1 N–H and O–H groups in total. The van der Waals surface area contributed by atoms with E-state index in [0.29, 0.717) is 5.92 Å². The van der Waals surface area contributed by atoms with Gasteiger partial charge in [0.1, 0.15) is 0 Å². The van der Waals surface area contributed by atoms with E-state index in [0.717, 1.165) is 12.8 Å². The second-order valence-corrected chi connectivity index (χ2v) is 5.42. The van der Waals surface area contributed by atoms with Gasteiger partial charge in [-0.25, -0.2) is 4.83 Å². The van der Waals surface area contributed by atoms with Gasteiger partial charge in [0.15, 0.2) is 0 Å². The fraction of sp³-hybridized carbons (Fsp3) is 0.417. The molecule has 0 aliphatic heterocycles. The standard InChI is InChI=1S/C12H18N2O2S/c1-3-11(4-2)10-13-14-17(15,16)12-8-6-5-7-9-12/h5-11,14H,3-4H2,1-2H3. The van der Waals surface area contributed by atoms with E-state index in [1.807, 2.05) is 13.8 Å². The second-order valence-electron chi connectivity index (χ2n) is 3.76. The summed E-state index contributed by atoms with van der Waals surface area (Å²) in [6.45, 7) is 4.10. The largest absolute Gasteiger partial charge is 0.276 e. The summed E-state index contributed by atoms with van der Waals surface area (Å²) in [5.41, 5.74) is 0. The van der Waals surface area contributed by atoms with Crippen LogP contribution in [0.25, 0.3) is 0 Å². The molecule has 1 aromatic rings. The highest BCUT2D eigenvalue weighted by molar-refractivity contribution is 7.89. The molecule has 0 bridgehead atoms. The summed E-state index contributed by atoms with van der Waals surface area (Å²) in [6, 6.07) is 8.20. The summed E-state index contributed by atoms with van der Waals surface area (Å²) in [6.07, 6.45) is 3.56. The van der Waals surface area contributed by atoms with Crippen molar-refractivity contribution in [2.24, 2.45) is 11.0 Å². The van der Waals surface area contributed by atoms with Crippen molar-refractivity contribution in [3.8, 4) is 0 Å². The molecule has 1 rings (SSSR count).